The highest BCUT2D eigenvalue weighted by atomic mass is 16.5. The highest BCUT2D eigenvalue weighted by Gasteiger charge is 2.17. The predicted molar refractivity (Wildman–Crippen MR) is 65.9 cm³/mol. The van der Waals surface area contributed by atoms with Gasteiger partial charge in [0.25, 0.3) is 0 Å². The van der Waals surface area contributed by atoms with Gasteiger partial charge in [0.2, 0.25) is 0 Å². The van der Waals surface area contributed by atoms with Crippen LogP contribution in [-0.2, 0) is 4.65 Å². The average molecular weight is 202 g/mol. The number of benzene rings is 1. The average Bonchev–Trinajstić information content (AvgIpc) is 2.27. The molecule has 0 aromatic heterocycles. The topological polar surface area (TPSA) is 29.5 Å². The molecule has 1 aromatic carbocycles. The molecule has 0 aliphatic heterocycles. The van der Waals surface area contributed by atoms with Gasteiger partial charge in [0.1, 0.15) is 0 Å². The summed E-state index contributed by atoms with van der Waals surface area (Å²) in [5.41, 5.74) is 3.53. The molecule has 0 heterocycles. The summed E-state index contributed by atoms with van der Waals surface area (Å²) in [4.78, 5) is 0. The van der Waals surface area contributed by atoms with Crippen molar-refractivity contribution in [2.75, 3.05) is 7.11 Å². The van der Waals surface area contributed by atoms with Crippen molar-refractivity contribution in [3.05, 3.63) is 42.5 Å². The summed E-state index contributed by atoms with van der Waals surface area (Å²) in [6.45, 7) is 9.48. The van der Waals surface area contributed by atoms with Crippen LogP contribution < -0.4 is 5.46 Å². The minimum Gasteiger partial charge on any atom is -0.423 e. The number of hydrogen-bond acceptors (Lipinski definition) is 2. The Labute approximate surface area is 91.0 Å². The minimum absolute atomic E-state index is 0.716. The third-order valence-electron chi connectivity index (χ3n) is 2.29. The number of rotatable bonds is 4. The van der Waals surface area contributed by atoms with E-state index in [1.807, 2.05) is 25.1 Å². The van der Waals surface area contributed by atoms with Gasteiger partial charge in [0.05, 0.1) is 0 Å². The van der Waals surface area contributed by atoms with Crippen LogP contribution in [0.4, 0.5) is 0 Å². The Hall–Kier alpha value is -1.32. The fourth-order valence-corrected chi connectivity index (χ4v) is 1.37. The fourth-order valence-electron chi connectivity index (χ4n) is 1.37. The van der Waals surface area contributed by atoms with Gasteiger partial charge < -0.3 is 9.68 Å². The van der Waals surface area contributed by atoms with E-state index in [2.05, 4.69) is 13.2 Å². The zero-order chi connectivity index (χ0) is 11.4. The monoisotopic (exact) mass is 202 g/mol. The predicted octanol–water partition coefficient (Wildman–Crippen LogP) is 1.70. The van der Waals surface area contributed by atoms with Crippen LogP contribution in [0.3, 0.4) is 0 Å². The van der Waals surface area contributed by atoms with Crippen LogP contribution in [0.2, 0.25) is 0 Å². The Balaban J connectivity index is 3.24. The second-order valence-corrected chi connectivity index (χ2v) is 3.42. The Morgan fingerprint density at radius 1 is 1.53 bits per heavy atom. The lowest BCUT2D eigenvalue weighted by Crippen LogP contribution is -2.34. The molecule has 0 saturated carbocycles. The largest absolute Gasteiger partial charge is 0.491 e. The summed E-state index contributed by atoms with van der Waals surface area (Å²) < 4.78 is 4.89. The zero-order valence-electron chi connectivity index (χ0n) is 9.16. The van der Waals surface area contributed by atoms with Crippen molar-refractivity contribution in [3.8, 4) is 0 Å². The molecule has 0 spiro atoms. The van der Waals surface area contributed by atoms with Crippen LogP contribution >= 0.6 is 0 Å². The van der Waals surface area contributed by atoms with Gasteiger partial charge in [-0.15, -0.1) is 0 Å². The Morgan fingerprint density at radius 2 is 2.20 bits per heavy atom. The SMILES string of the molecule is C=Cc1ccc(C(=C)C)cc1B(O)OC. The molecule has 1 N–H and O–H groups in total. The molecule has 0 bridgehead atoms. The molecule has 2 nitrogen and oxygen atoms in total. The zero-order valence-corrected chi connectivity index (χ0v) is 9.16. The summed E-state index contributed by atoms with van der Waals surface area (Å²) in [6, 6.07) is 5.72. The molecular formula is C12H15BO2. The van der Waals surface area contributed by atoms with Crippen molar-refractivity contribution >= 4 is 24.2 Å². The molecular weight excluding hydrogens is 187 g/mol. The first-order valence-corrected chi connectivity index (χ1v) is 4.73. The first-order valence-electron chi connectivity index (χ1n) is 4.73. The maximum Gasteiger partial charge on any atom is 0.491 e. The van der Waals surface area contributed by atoms with Gasteiger partial charge in [0, 0.05) is 7.11 Å². The van der Waals surface area contributed by atoms with Crippen LogP contribution in [0.5, 0.6) is 0 Å². The molecule has 0 aliphatic rings. The highest BCUT2D eigenvalue weighted by Crippen LogP contribution is 2.12. The van der Waals surface area contributed by atoms with Gasteiger partial charge in [-0.05, 0) is 23.5 Å². The lowest BCUT2D eigenvalue weighted by Gasteiger charge is -2.10. The lowest BCUT2D eigenvalue weighted by atomic mass is 9.75. The molecule has 3 heteroatoms. The van der Waals surface area contributed by atoms with Gasteiger partial charge in [-0.2, -0.15) is 0 Å². The first-order chi connectivity index (χ1) is 7.10. The molecule has 15 heavy (non-hydrogen) atoms. The second-order valence-electron chi connectivity index (χ2n) is 3.42. The van der Waals surface area contributed by atoms with E-state index in [0.29, 0.717) is 5.46 Å². The molecule has 0 fully saturated rings. The standard InChI is InChI=1S/C12H15BO2/c1-5-10-6-7-11(9(2)3)8-12(10)13(14)15-4/h5-8,14H,1-2H2,3-4H3. The van der Waals surface area contributed by atoms with E-state index >= 15 is 0 Å². The van der Waals surface area contributed by atoms with E-state index in [0.717, 1.165) is 16.7 Å². The van der Waals surface area contributed by atoms with Gasteiger partial charge >= 0.3 is 7.12 Å². The fraction of sp³-hybridized carbons (Fsp3) is 0.167. The highest BCUT2D eigenvalue weighted by molar-refractivity contribution is 6.61. The minimum atomic E-state index is -0.919. The van der Waals surface area contributed by atoms with E-state index in [1.165, 1.54) is 7.11 Å². The Kier molecular flexibility index (Phi) is 3.89. The van der Waals surface area contributed by atoms with Gasteiger partial charge in [-0.25, -0.2) is 0 Å². The molecule has 0 saturated heterocycles. The maximum absolute atomic E-state index is 9.65. The lowest BCUT2D eigenvalue weighted by molar-refractivity contribution is 0.341. The second kappa shape index (κ2) is 4.96. The Bertz CT molecular complexity index is 385. The number of hydrogen-bond donors (Lipinski definition) is 1. The first kappa shape index (κ1) is 11.8. The van der Waals surface area contributed by atoms with E-state index < -0.39 is 7.12 Å². The summed E-state index contributed by atoms with van der Waals surface area (Å²) in [7, 11) is 0.544. The Morgan fingerprint density at radius 3 is 2.67 bits per heavy atom. The molecule has 1 aromatic rings. The molecule has 0 amide bonds. The normalized spacial score (nSPS) is 9.80. The molecule has 1 rings (SSSR count). The smallest absolute Gasteiger partial charge is 0.423 e. The number of allylic oxidation sites excluding steroid dienone is 1. The van der Waals surface area contributed by atoms with Crippen LogP contribution in [0.1, 0.15) is 18.1 Å². The molecule has 0 aliphatic carbocycles. The van der Waals surface area contributed by atoms with Crippen molar-refractivity contribution in [2.24, 2.45) is 0 Å². The van der Waals surface area contributed by atoms with Crippen LogP contribution in [0.15, 0.2) is 31.4 Å². The van der Waals surface area contributed by atoms with Crippen molar-refractivity contribution < 1.29 is 9.68 Å². The van der Waals surface area contributed by atoms with Gasteiger partial charge in [0.15, 0.2) is 0 Å². The summed E-state index contributed by atoms with van der Waals surface area (Å²) in [6.07, 6.45) is 1.69. The quantitative estimate of drug-likeness (QED) is 0.753. The molecule has 0 unspecified atom stereocenters. The van der Waals surface area contributed by atoms with Gasteiger partial charge in [-0.1, -0.05) is 43.0 Å². The van der Waals surface area contributed by atoms with Crippen molar-refractivity contribution in [1.82, 2.24) is 0 Å². The van der Waals surface area contributed by atoms with Crippen LogP contribution in [0.25, 0.3) is 11.6 Å². The third-order valence-corrected chi connectivity index (χ3v) is 2.29. The van der Waals surface area contributed by atoms with E-state index in [-0.39, 0.29) is 0 Å². The third kappa shape index (κ3) is 2.58. The van der Waals surface area contributed by atoms with Crippen molar-refractivity contribution in [3.63, 3.8) is 0 Å². The summed E-state index contributed by atoms with van der Waals surface area (Å²) >= 11 is 0. The van der Waals surface area contributed by atoms with Crippen molar-refractivity contribution in [1.29, 1.82) is 0 Å². The van der Waals surface area contributed by atoms with Crippen LogP contribution in [0, 0.1) is 0 Å². The maximum atomic E-state index is 9.65. The van der Waals surface area contributed by atoms with Gasteiger partial charge in [-0.3, -0.25) is 0 Å². The molecule has 78 valence electrons. The van der Waals surface area contributed by atoms with E-state index in [9.17, 15) is 5.02 Å². The molecule has 0 atom stereocenters. The summed E-state index contributed by atoms with van der Waals surface area (Å²) in [5, 5.41) is 9.65. The van der Waals surface area contributed by atoms with Crippen LogP contribution in [-0.4, -0.2) is 19.3 Å². The van der Waals surface area contributed by atoms with E-state index in [1.54, 1.807) is 6.08 Å². The van der Waals surface area contributed by atoms with E-state index in [4.69, 9.17) is 4.65 Å². The summed E-state index contributed by atoms with van der Waals surface area (Å²) in [5.74, 6) is 0. The molecule has 0 radical (unpaired) electrons. The van der Waals surface area contributed by atoms with Crippen molar-refractivity contribution in [2.45, 2.75) is 6.92 Å².